The predicted octanol–water partition coefficient (Wildman–Crippen LogP) is 4.68. The summed E-state index contributed by atoms with van der Waals surface area (Å²) in [7, 11) is 0. The molecule has 1 amide bonds. The lowest BCUT2D eigenvalue weighted by Crippen LogP contribution is -2.51. The molecule has 0 unspecified atom stereocenters. The monoisotopic (exact) mass is 501 g/mol. The maximum absolute atomic E-state index is 13.3. The van der Waals surface area contributed by atoms with Crippen molar-refractivity contribution in [2.75, 3.05) is 0 Å². The van der Waals surface area contributed by atoms with Gasteiger partial charge in [-0.25, -0.2) is 0 Å². The highest BCUT2D eigenvalue weighted by Gasteiger charge is 2.35. The molecule has 9 nitrogen and oxygen atoms in total. The molecule has 4 heterocycles. The highest BCUT2D eigenvalue weighted by atomic mass is 35.5. The average Bonchev–Trinajstić information content (AvgIpc) is 3.57. The first-order valence-corrected chi connectivity index (χ1v) is 12.1. The summed E-state index contributed by atoms with van der Waals surface area (Å²) >= 11 is 6.51. The molecule has 0 saturated heterocycles. The number of carbonyl (C=O) groups is 1. The Morgan fingerprint density at radius 3 is 2.67 bits per heavy atom. The van der Waals surface area contributed by atoms with Crippen molar-refractivity contribution in [2.24, 2.45) is 0 Å². The lowest BCUT2D eigenvalue weighted by atomic mass is 9.89. The van der Waals surface area contributed by atoms with Gasteiger partial charge in [0.2, 0.25) is 11.7 Å². The zero-order chi connectivity index (χ0) is 25.0. The summed E-state index contributed by atoms with van der Waals surface area (Å²) in [6, 6.07) is 11.7. The van der Waals surface area contributed by atoms with Crippen molar-refractivity contribution in [3.05, 3.63) is 76.8 Å². The molecule has 1 aliphatic heterocycles. The van der Waals surface area contributed by atoms with Crippen LogP contribution >= 0.6 is 11.6 Å². The van der Waals surface area contributed by atoms with E-state index in [4.69, 9.17) is 16.1 Å². The van der Waals surface area contributed by atoms with Crippen molar-refractivity contribution in [1.82, 2.24) is 34.8 Å². The fraction of sp³-hybridized carbons (Fsp3) is 0.269. The maximum Gasteiger partial charge on any atom is 0.253 e. The zero-order valence-electron chi connectivity index (χ0n) is 20.1. The van der Waals surface area contributed by atoms with Gasteiger partial charge in [0.15, 0.2) is 0 Å². The number of halogens is 1. The molecule has 3 aromatic heterocycles. The van der Waals surface area contributed by atoms with E-state index in [1.54, 1.807) is 36.3 Å². The lowest BCUT2D eigenvalue weighted by molar-refractivity contribution is 0.0884. The molecular weight excluding hydrogens is 478 g/mol. The standard InChI is InChI=1S/C26H24ClN7O2/c1-15-4-7-21-19(10-15)23(24-30-16(2)36-32-24)22-8-9-26(3,12-34(21)22)31-25(35)18-6-5-17(11-20(18)27)33-13-28-29-14-33/h4-7,10-11,13-14H,8-9,12H2,1-3H3,(H,31,35)/t26-/m1/s1. The van der Waals surface area contributed by atoms with Gasteiger partial charge in [-0.1, -0.05) is 28.4 Å². The van der Waals surface area contributed by atoms with Crippen LogP contribution in [0.4, 0.5) is 0 Å². The Morgan fingerprint density at radius 2 is 1.94 bits per heavy atom. The summed E-state index contributed by atoms with van der Waals surface area (Å²) in [5.41, 5.74) is 5.15. The van der Waals surface area contributed by atoms with Gasteiger partial charge in [-0.2, -0.15) is 4.98 Å². The molecule has 0 radical (unpaired) electrons. The molecule has 1 aliphatic rings. The molecule has 0 spiro atoms. The van der Waals surface area contributed by atoms with E-state index in [0.29, 0.717) is 28.8 Å². The van der Waals surface area contributed by atoms with E-state index in [1.807, 2.05) is 6.07 Å². The maximum atomic E-state index is 13.3. The molecule has 6 rings (SSSR count). The number of aromatic nitrogens is 6. The van der Waals surface area contributed by atoms with Crippen molar-refractivity contribution in [2.45, 2.75) is 45.7 Å². The molecule has 0 saturated carbocycles. The van der Waals surface area contributed by atoms with Crippen molar-refractivity contribution in [3.8, 4) is 17.1 Å². The van der Waals surface area contributed by atoms with Gasteiger partial charge in [0.25, 0.3) is 5.91 Å². The Morgan fingerprint density at radius 1 is 1.14 bits per heavy atom. The van der Waals surface area contributed by atoms with Gasteiger partial charge in [-0.15, -0.1) is 10.2 Å². The van der Waals surface area contributed by atoms with Gasteiger partial charge in [0.1, 0.15) is 12.7 Å². The molecule has 36 heavy (non-hydrogen) atoms. The van der Waals surface area contributed by atoms with Crippen LogP contribution in [0, 0.1) is 13.8 Å². The first kappa shape index (κ1) is 22.5. The van der Waals surface area contributed by atoms with E-state index < -0.39 is 5.54 Å². The van der Waals surface area contributed by atoms with Gasteiger partial charge in [0.05, 0.1) is 21.7 Å². The zero-order valence-corrected chi connectivity index (χ0v) is 20.9. The SMILES string of the molecule is Cc1ccc2c(c1)c(-c1noc(C)n1)c1n2C[C@](C)(NC(=O)c2ccc(-n3cnnc3)cc2Cl)CC1. The summed E-state index contributed by atoms with van der Waals surface area (Å²) in [5.74, 6) is 0.929. The summed E-state index contributed by atoms with van der Waals surface area (Å²) in [5, 5.41) is 16.6. The van der Waals surface area contributed by atoms with Gasteiger partial charge in [-0.3, -0.25) is 9.36 Å². The molecule has 1 N–H and O–H groups in total. The van der Waals surface area contributed by atoms with Crippen LogP contribution in [0.1, 0.15) is 40.9 Å². The Balaban J connectivity index is 1.33. The molecule has 2 aromatic carbocycles. The Hall–Kier alpha value is -3.98. The summed E-state index contributed by atoms with van der Waals surface area (Å²) in [6.45, 7) is 6.55. The molecule has 5 aromatic rings. The number of hydrogen-bond donors (Lipinski definition) is 1. The van der Waals surface area contributed by atoms with E-state index in [0.717, 1.165) is 46.3 Å². The number of benzene rings is 2. The van der Waals surface area contributed by atoms with Crippen LogP contribution in [-0.4, -0.2) is 40.9 Å². The number of nitrogens with zero attached hydrogens (tertiary/aromatic N) is 6. The fourth-order valence-electron chi connectivity index (χ4n) is 5.06. The van der Waals surface area contributed by atoms with Crippen molar-refractivity contribution in [1.29, 1.82) is 0 Å². The second kappa shape index (κ2) is 8.30. The Bertz CT molecular complexity index is 1620. The largest absolute Gasteiger partial charge is 0.345 e. The topological polar surface area (TPSA) is 104 Å². The third-order valence-electron chi connectivity index (χ3n) is 6.83. The van der Waals surface area contributed by atoms with Gasteiger partial charge >= 0.3 is 0 Å². The van der Waals surface area contributed by atoms with Crippen LogP contribution in [0.2, 0.25) is 5.02 Å². The number of fused-ring (bicyclic) bond motifs is 3. The second-order valence-electron chi connectivity index (χ2n) is 9.61. The van der Waals surface area contributed by atoms with Crippen LogP contribution < -0.4 is 5.32 Å². The lowest BCUT2D eigenvalue weighted by Gasteiger charge is -2.36. The van der Waals surface area contributed by atoms with Gasteiger partial charge < -0.3 is 14.4 Å². The third kappa shape index (κ3) is 3.76. The highest BCUT2D eigenvalue weighted by Crippen LogP contribution is 2.39. The number of hydrogen-bond acceptors (Lipinski definition) is 6. The molecule has 0 fully saturated rings. The minimum Gasteiger partial charge on any atom is -0.345 e. The molecule has 0 bridgehead atoms. The summed E-state index contributed by atoms with van der Waals surface area (Å²) in [4.78, 5) is 17.8. The smallest absolute Gasteiger partial charge is 0.253 e. The minimum atomic E-state index is -0.471. The van der Waals surface area contributed by atoms with Crippen molar-refractivity contribution >= 4 is 28.4 Å². The number of aryl methyl sites for hydroxylation is 2. The first-order chi connectivity index (χ1) is 17.3. The fourth-order valence-corrected chi connectivity index (χ4v) is 5.32. The van der Waals surface area contributed by atoms with E-state index >= 15 is 0 Å². The van der Waals surface area contributed by atoms with E-state index in [9.17, 15) is 4.79 Å². The summed E-state index contributed by atoms with van der Waals surface area (Å²) in [6.07, 6.45) is 4.68. The van der Waals surface area contributed by atoms with Crippen molar-refractivity contribution < 1.29 is 9.32 Å². The van der Waals surface area contributed by atoms with Crippen LogP contribution in [-0.2, 0) is 13.0 Å². The summed E-state index contributed by atoms with van der Waals surface area (Å²) < 4.78 is 9.31. The predicted molar refractivity (Wildman–Crippen MR) is 135 cm³/mol. The van der Waals surface area contributed by atoms with E-state index in [1.165, 1.54) is 0 Å². The molecule has 10 heteroatoms. The molecule has 1 atom stereocenters. The number of rotatable bonds is 4. The number of carbonyl (C=O) groups excluding carboxylic acids is 1. The van der Waals surface area contributed by atoms with Crippen LogP contribution in [0.5, 0.6) is 0 Å². The molecular formula is C26H24ClN7O2. The number of nitrogens with one attached hydrogen (secondary N) is 1. The normalized spacial score (nSPS) is 17.3. The van der Waals surface area contributed by atoms with Gasteiger partial charge in [-0.05, 0) is 57.0 Å². The van der Waals surface area contributed by atoms with Crippen LogP contribution in [0.15, 0.2) is 53.6 Å². The number of amides is 1. The van der Waals surface area contributed by atoms with Crippen molar-refractivity contribution in [3.63, 3.8) is 0 Å². The third-order valence-corrected chi connectivity index (χ3v) is 7.14. The van der Waals surface area contributed by atoms with E-state index in [-0.39, 0.29) is 5.91 Å². The minimum absolute atomic E-state index is 0.206. The van der Waals surface area contributed by atoms with Gasteiger partial charge in [0, 0.05) is 35.8 Å². The Labute approximate surface area is 212 Å². The Kier molecular flexibility index (Phi) is 5.19. The van der Waals surface area contributed by atoms with E-state index in [2.05, 4.69) is 62.3 Å². The second-order valence-corrected chi connectivity index (χ2v) is 10.0. The average molecular weight is 502 g/mol. The highest BCUT2D eigenvalue weighted by molar-refractivity contribution is 6.34. The van der Waals surface area contributed by atoms with Crippen LogP contribution in [0.3, 0.4) is 0 Å². The first-order valence-electron chi connectivity index (χ1n) is 11.7. The quantitative estimate of drug-likeness (QED) is 0.383. The van der Waals surface area contributed by atoms with Crippen LogP contribution in [0.25, 0.3) is 28.0 Å². The molecule has 182 valence electrons. The molecule has 0 aliphatic carbocycles.